The number of para-hydroxylation sites is 1. The average molecular weight is 431 g/mol. The van der Waals surface area contributed by atoms with E-state index in [-0.39, 0.29) is 22.8 Å². The molecule has 5 nitrogen and oxygen atoms in total. The van der Waals surface area contributed by atoms with Crippen LogP contribution in [0.5, 0.6) is 0 Å². The van der Waals surface area contributed by atoms with Crippen molar-refractivity contribution in [3.63, 3.8) is 0 Å². The Morgan fingerprint density at radius 2 is 1.50 bits per heavy atom. The Hall–Kier alpha value is -2.34. The number of benzene rings is 2. The van der Waals surface area contributed by atoms with Gasteiger partial charge in [0, 0.05) is 5.54 Å². The van der Waals surface area contributed by atoms with E-state index in [4.69, 9.17) is 0 Å². The van der Waals surface area contributed by atoms with Gasteiger partial charge in [-0.15, -0.1) is 0 Å². The minimum absolute atomic E-state index is 0.0282. The molecule has 2 rings (SSSR count). The minimum atomic E-state index is -3.91. The molecular formula is C24H34N2O3S. The van der Waals surface area contributed by atoms with Crippen LogP contribution in [-0.2, 0) is 14.8 Å². The summed E-state index contributed by atoms with van der Waals surface area (Å²) in [5.41, 5.74) is 1.83. The molecule has 0 radical (unpaired) electrons. The molecule has 6 heteroatoms. The van der Waals surface area contributed by atoms with Crippen LogP contribution in [0.15, 0.2) is 53.4 Å². The molecule has 2 aromatic carbocycles. The summed E-state index contributed by atoms with van der Waals surface area (Å²) in [5.74, 6) is -0.330. The SMILES string of the molecule is Cc1ccc(S(=O)(=O)N(CC(=O)NC(C)(C)CC(C)(C)C)c2ccccc2C)cc1. The zero-order valence-electron chi connectivity index (χ0n) is 19.1. The maximum absolute atomic E-state index is 13.5. The van der Waals surface area contributed by atoms with Gasteiger partial charge in [-0.25, -0.2) is 8.42 Å². The maximum Gasteiger partial charge on any atom is 0.264 e. The van der Waals surface area contributed by atoms with Crippen LogP contribution in [0.2, 0.25) is 0 Å². The first kappa shape index (κ1) is 23.9. The molecule has 0 bridgehead atoms. The third-order valence-electron chi connectivity index (χ3n) is 4.73. The normalized spacial score (nSPS) is 12.5. The average Bonchev–Trinajstić information content (AvgIpc) is 2.58. The van der Waals surface area contributed by atoms with Gasteiger partial charge in [0.1, 0.15) is 6.54 Å². The standard InChI is InChI=1S/C24H34N2O3S/c1-18-12-14-20(15-13-18)30(28,29)26(21-11-9-8-10-19(21)2)16-22(27)25-24(6,7)17-23(3,4)5/h8-15H,16-17H2,1-7H3,(H,25,27). The molecule has 0 heterocycles. The van der Waals surface area contributed by atoms with Crippen LogP contribution in [0.1, 0.15) is 52.2 Å². The molecule has 0 fully saturated rings. The lowest BCUT2D eigenvalue weighted by Gasteiger charge is -2.34. The van der Waals surface area contributed by atoms with Gasteiger partial charge in [0.05, 0.1) is 10.6 Å². The molecule has 0 unspecified atom stereocenters. The van der Waals surface area contributed by atoms with Gasteiger partial charge in [0.15, 0.2) is 0 Å². The number of carbonyl (C=O) groups excluding carboxylic acids is 1. The maximum atomic E-state index is 13.5. The second-order valence-corrected chi connectivity index (χ2v) is 11.6. The molecule has 0 aliphatic rings. The fraction of sp³-hybridized carbons (Fsp3) is 0.458. The van der Waals surface area contributed by atoms with Crippen molar-refractivity contribution >= 4 is 21.6 Å². The Kier molecular flexibility index (Phi) is 7.02. The number of aryl methyl sites for hydroxylation is 2. The van der Waals surface area contributed by atoms with Crippen LogP contribution < -0.4 is 9.62 Å². The van der Waals surface area contributed by atoms with Gasteiger partial charge in [0.2, 0.25) is 5.91 Å². The third-order valence-corrected chi connectivity index (χ3v) is 6.50. The predicted molar refractivity (Wildman–Crippen MR) is 123 cm³/mol. The van der Waals surface area contributed by atoms with Crippen molar-refractivity contribution in [3.8, 4) is 0 Å². The number of nitrogens with zero attached hydrogens (tertiary/aromatic N) is 1. The Morgan fingerprint density at radius 1 is 0.933 bits per heavy atom. The summed E-state index contributed by atoms with van der Waals surface area (Å²) in [5, 5.41) is 3.02. The summed E-state index contributed by atoms with van der Waals surface area (Å²) in [6, 6.07) is 13.9. The molecule has 0 aliphatic carbocycles. The van der Waals surface area contributed by atoms with Gasteiger partial charge >= 0.3 is 0 Å². The molecule has 0 aliphatic heterocycles. The minimum Gasteiger partial charge on any atom is -0.350 e. The molecule has 0 saturated carbocycles. The lowest BCUT2D eigenvalue weighted by atomic mass is 9.82. The Bertz CT molecular complexity index is 988. The van der Waals surface area contributed by atoms with Crippen molar-refractivity contribution in [1.29, 1.82) is 0 Å². The van der Waals surface area contributed by atoms with Crippen LogP contribution in [0, 0.1) is 19.3 Å². The van der Waals surface area contributed by atoms with E-state index in [0.717, 1.165) is 17.5 Å². The van der Waals surface area contributed by atoms with E-state index in [1.165, 1.54) is 4.31 Å². The first-order chi connectivity index (χ1) is 13.7. The van der Waals surface area contributed by atoms with Gasteiger partial charge in [-0.1, -0.05) is 56.7 Å². The number of hydrogen-bond donors (Lipinski definition) is 1. The van der Waals surface area contributed by atoms with Crippen LogP contribution in [0.25, 0.3) is 0 Å². The summed E-state index contributed by atoms with van der Waals surface area (Å²) in [4.78, 5) is 13.1. The molecular weight excluding hydrogens is 396 g/mol. The van der Waals surface area contributed by atoms with Crippen molar-refractivity contribution in [2.45, 2.75) is 65.3 Å². The van der Waals surface area contributed by atoms with Gasteiger partial charge in [-0.3, -0.25) is 9.10 Å². The molecule has 30 heavy (non-hydrogen) atoms. The highest BCUT2D eigenvalue weighted by molar-refractivity contribution is 7.92. The van der Waals surface area contributed by atoms with E-state index >= 15 is 0 Å². The van der Waals surface area contributed by atoms with Gasteiger partial charge in [0.25, 0.3) is 10.0 Å². The van der Waals surface area contributed by atoms with Crippen molar-refractivity contribution < 1.29 is 13.2 Å². The van der Waals surface area contributed by atoms with Crippen LogP contribution in [-0.4, -0.2) is 26.4 Å². The lowest BCUT2D eigenvalue weighted by molar-refractivity contribution is -0.121. The highest BCUT2D eigenvalue weighted by Gasteiger charge is 2.31. The number of nitrogens with one attached hydrogen (secondary N) is 1. The number of sulfonamides is 1. The molecule has 1 N–H and O–H groups in total. The largest absolute Gasteiger partial charge is 0.350 e. The van der Waals surface area contributed by atoms with Crippen LogP contribution in [0.4, 0.5) is 5.69 Å². The van der Waals surface area contributed by atoms with Crippen molar-refractivity contribution in [1.82, 2.24) is 5.32 Å². The third kappa shape index (κ3) is 6.33. The zero-order valence-corrected chi connectivity index (χ0v) is 19.9. The number of hydrogen-bond acceptors (Lipinski definition) is 3. The quantitative estimate of drug-likeness (QED) is 0.684. The van der Waals surface area contributed by atoms with E-state index < -0.39 is 15.6 Å². The molecule has 0 saturated heterocycles. The topological polar surface area (TPSA) is 66.5 Å². The molecule has 2 aromatic rings. The van der Waals surface area contributed by atoms with E-state index in [9.17, 15) is 13.2 Å². The number of rotatable bonds is 7. The van der Waals surface area contributed by atoms with Gasteiger partial charge in [-0.05, 0) is 63.3 Å². The Morgan fingerprint density at radius 3 is 2.03 bits per heavy atom. The summed E-state index contributed by atoms with van der Waals surface area (Å²) in [6.07, 6.45) is 0.765. The van der Waals surface area contributed by atoms with E-state index in [0.29, 0.717) is 5.69 Å². The van der Waals surface area contributed by atoms with Crippen molar-refractivity contribution in [2.75, 3.05) is 10.8 Å². The monoisotopic (exact) mass is 430 g/mol. The van der Waals surface area contributed by atoms with E-state index in [1.807, 2.05) is 39.8 Å². The fourth-order valence-corrected chi connectivity index (χ4v) is 5.38. The molecule has 0 aromatic heterocycles. The summed E-state index contributed by atoms with van der Waals surface area (Å²) < 4.78 is 28.1. The highest BCUT2D eigenvalue weighted by atomic mass is 32.2. The number of amides is 1. The predicted octanol–water partition coefficient (Wildman–Crippen LogP) is 4.83. The Balaban J connectivity index is 2.39. The highest BCUT2D eigenvalue weighted by Crippen LogP contribution is 2.29. The molecule has 1 amide bonds. The van der Waals surface area contributed by atoms with Crippen LogP contribution >= 0.6 is 0 Å². The van der Waals surface area contributed by atoms with E-state index in [2.05, 4.69) is 26.1 Å². The number of anilines is 1. The van der Waals surface area contributed by atoms with Crippen molar-refractivity contribution in [2.24, 2.45) is 5.41 Å². The summed E-state index contributed by atoms with van der Waals surface area (Å²) >= 11 is 0. The van der Waals surface area contributed by atoms with Crippen molar-refractivity contribution in [3.05, 3.63) is 59.7 Å². The second kappa shape index (κ2) is 8.80. The molecule has 0 atom stereocenters. The zero-order chi connectivity index (χ0) is 22.7. The fourth-order valence-electron chi connectivity index (χ4n) is 3.90. The number of carbonyl (C=O) groups is 1. The van der Waals surface area contributed by atoms with Crippen LogP contribution in [0.3, 0.4) is 0 Å². The molecule has 0 spiro atoms. The Labute approximate surface area is 181 Å². The summed E-state index contributed by atoms with van der Waals surface area (Å²) in [7, 11) is -3.91. The second-order valence-electron chi connectivity index (χ2n) is 9.78. The van der Waals surface area contributed by atoms with Gasteiger partial charge in [-0.2, -0.15) is 0 Å². The van der Waals surface area contributed by atoms with Gasteiger partial charge < -0.3 is 5.32 Å². The van der Waals surface area contributed by atoms with E-state index in [1.54, 1.807) is 36.4 Å². The smallest absolute Gasteiger partial charge is 0.264 e. The first-order valence-electron chi connectivity index (χ1n) is 10.2. The molecule has 164 valence electrons. The first-order valence-corrected chi connectivity index (χ1v) is 11.6. The lowest BCUT2D eigenvalue weighted by Crippen LogP contribution is -2.50. The summed E-state index contributed by atoms with van der Waals surface area (Å²) in [6.45, 7) is 13.7.